The number of hydrogen-bond donors (Lipinski definition) is 0. The number of carbonyl (C=O) groups excluding carboxylic acids is 2. The summed E-state index contributed by atoms with van der Waals surface area (Å²) >= 11 is 0. The molecular weight excluding hydrogens is 653 g/mol. The Labute approximate surface area is 304 Å². The first-order valence-electron chi connectivity index (χ1n) is 17.5. The van der Waals surface area contributed by atoms with Gasteiger partial charge in [0.15, 0.2) is 29.0 Å². The van der Waals surface area contributed by atoms with Gasteiger partial charge < -0.3 is 4.57 Å². The van der Waals surface area contributed by atoms with E-state index in [0.717, 1.165) is 44.1 Å². The molecule has 1 aliphatic carbocycles. The Kier molecular flexibility index (Phi) is 7.01. The van der Waals surface area contributed by atoms with E-state index in [2.05, 4.69) is 47.0 Å². The Morgan fingerprint density at radius 2 is 0.887 bits per heavy atom. The van der Waals surface area contributed by atoms with Crippen LogP contribution in [-0.4, -0.2) is 31.1 Å². The second-order valence-corrected chi connectivity index (χ2v) is 13.1. The van der Waals surface area contributed by atoms with Crippen molar-refractivity contribution in [3.05, 3.63) is 192 Å². The topological polar surface area (TPSA) is 77.7 Å². The van der Waals surface area contributed by atoms with Gasteiger partial charge in [-0.25, -0.2) is 15.0 Å². The maximum absolute atomic E-state index is 15.1. The van der Waals surface area contributed by atoms with Gasteiger partial charge in [-0.1, -0.05) is 146 Å². The molecule has 0 unspecified atom stereocenters. The van der Waals surface area contributed by atoms with Crippen molar-refractivity contribution in [1.29, 1.82) is 0 Å². The zero-order valence-electron chi connectivity index (χ0n) is 28.3. The minimum atomic E-state index is -0.254. The fourth-order valence-electron chi connectivity index (χ4n) is 7.57. The van der Waals surface area contributed by atoms with E-state index in [-0.39, 0.29) is 17.1 Å². The second-order valence-electron chi connectivity index (χ2n) is 13.1. The average molecular weight is 681 g/mol. The molecule has 0 radical (unpaired) electrons. The number of benzene rings is 7. The average Bonchev–Trinajstić information content (AvgIpc) is 3.56. The van der Waals surface area contributed by atoms with E-state index in [1.54, 1.807) is 18.2 Å². The fraction of sp³-hybridized carbons (Fsp3) is 0. The molecule has 2 heterocycles. The van der Waals surface area contributed by atoms with E-state index >= 15 is 4.79 Å². The van der Waals surface area contributed by atoms with Crippen molar-refractivity contribution < 1.29 is 9.59 Å². The normalized spacial score (nSPS) is 12.2. The van der Waals surface area contributed by atoms with E-state index in [0.29, 0.717) is 45.4 Å². The minimum absolute atomic E-state index is 0.217. The number of nitrogens with zero attached hydrogens (tertiary/aromatic N) is 4. The summed E-state index contributed by atoms with van der Waals surface area (Å²) in [5.74, 6) is 0.800. The molecule has 0 bridgehead atoms. The summed E-state index contributed by atoms with van der Waals surface area (Å²) in [5, 5.41) is 2.11. The second kappa shape index (κ2) is 12.2. The van der Waals surface area contributed by atoms with E-state index < -0.39 is 0 Å². The first-order valence-corrected chi connectivity index (χ1v) is 17.5. The molecule has 0 saturated heterocycles. The van der Waals surface area contributed by atoms with E-state index in [1.807, 2.05) is 109 Å². The zero-order chi connectivity index (χ0) is 35.5. The molecular formula is C47H28N4O2. The van der Waals surface area contributed by atoms with Crippen molar-refractivity contribution in [2.75, 3.05) is 0 Å². The molecule has 0 saturated carbocycles. The molecule has 0 fully saturated rings. The lowest BCUT2D eigenvalue weighted by molar-refractivity contribution is 0.0979. The van der Waals surface area contributed by atoms with Crippen molar-refractivity contribution in [2.24, 2.45) is 0 Å². The number of hydrogen-bond acceptors (Lipinski definition) is 5. The molecule has 2 aromatic heterocycles. The Bertz CT molecular complexity index is 2860. The van der Waals surface area contributed by atoms with Gasteiger partial charge in [0.05, 0.1) is 22.3 Å². The Morgan fingerprint density at radius 3 is 1.57 bits per heavy atom. The summed E-state index contributed by atoms with van der Waals surface area (Å²) in [7, 11) is 0. The highest BCUT2D eigenvalue weighted by Crippen LogP contribution is 2.40. The van der Waals surface area contributed by atoms with Crippen molar-refractivity contribution in [2.45, 2.75) is 0 Å². The summed E-state index contributed by atoms with van der Waals surface area (Å²) < 4.78 is 2.11. The Morgan fingerprint density at radius 1 is 0.358 bits per heavy atom. The van der Waals surface area contributed by atoms with Crippen molar-refractivity contribution in [3.63, 3.8) is 0 Å². The van der Waals surface area contributed by atoms with Crippen LogP contribution in [0.15, 0.2) is 170 Å². The number of ketones is 2. The number of fused-ring (bicyclic) bond motifs is 5. The first-order chi connectivity index (χ1) is 26.1. The molecule has 0 amide bonds. The van der Waals surface area contributed by atoms with Crippen LogP contribution >= 0.6 is 0 Å². The van der Waals surface area contributed by atoms with Crippen LogP contribution in [0.2, 0.25) is 0 Å². The highest BCUT2D eigenvalue weighted by molar-refractivity contribution is 6.31. The van der Waals surface area contributed by atoms with Crippen molar-refractivity contribution >= 4 is 33.4 Å². The minimum Gasteiger partial charge on any atom is -0.308 e. The van der Waals surface area contributed by atoms with Gasteiger partial charge in [-0.15, -0.1) is 0 Å². The van der Waals surface area contributed by atoms with Crippen molar-refractivity contribution in [1.82, 2.24) is 19.5 Å². The van der Waals surface area contributed by atoms with Crippen LogP contribution in [0, 0.1) is 0 Å². The van der Waals surface area contributed by atoms with Gasteiger partial charge >= 0.3 is 0 Å². The van der Waals surface area contributed by atoms with Crippen molar-refractivity contribution in [3.8, 4) is 51.0 Å². The van der Waals surface area contributed by atoms with Gasteiger partial charge in [0.1, 0.15) is 0 Å². The summed E-state index contributed by atoms with van der Waals surface area (Å²) in [5.41, 5.74) is 8.20. The molecule has 10 rings (SSSR count). The van der Waals surface area contributed by atoms with Gasteiger partial charge in [0, 0.05) is 44.2 Å². The maximum Gasteiger partial charge on any atom is 0.197 e. The lowest BCUT2D eigenvalue weighted by Crippen LogP contribution is -2.24. The van der Waals surface area contributed by atoms with Gasteiger partial charge in [-0.3, -0.25) is 9.59 Å². The molecule has 0 spiro atoms. The van der Waals surface area contributed by atoms with E-state index in [9.17, 15) is 4.79 Å². The molecule has 0 aliphatic heterocycles. The number of para-hydroxylation sites is 1. The van der Waals surface area contributed by atoms with Crippen LogP contribution in [0.1, 0.15) is 31.8 Å². The van der Waals surface area contributed by atoms with Crippen LogP contribution in [0.4, 0.5) is 0 Å². The van der Waals surface area contributed by atoms with Gasteiger partial charge in [0.25, 0.3) is 0 Å². The van der Waals surface area contributed by atoms with E-state index in [1.165, 1.54) is 0 Å². The summed E-state index contributed by atoms with van der Waals surface area (Å²) in [6, 6.07) is 55.2. The van der Waals surface area contributed by atoms with Crippen LogP contribution in [0.25, 0.3) is 72.8 Å². The molecule has 53 heavy (non-hydrogen) atoms. The molecule has 9 aromatic rings. The molecule has 6 nitrogen and oxygen atoms in total. The van der Waals surface area contributed by atoms with Crippen LogP contribution in [-0.2, 0) is 0 Å². The fourth-order valence-corrected chi connectivity index (χ4v) is 7.57. The number of aromatic nitrogens is 4. The number of carbonyl (C=O) groups is 2. The predicted octanol–water partition coefficient (Wildman–Crippen LogP) is 10.4. The summed E-state index contributed by atoms with van der Waals surface area (Å²) in [6.45, 7) is 0. The third-order valence-corrected chi connectivity index (χ3v) is 10.0. The van der Waals surface area contributed by atoms with Crippen LogP contribution < -0.4 is 0 Å². The lowest BCUT2D eigenvalue weighted by Gasteiger charge is -2.23. The van der Waals surface area contributed by atoms with Crippen LogP contribution in [0.3, 0.4) is 0 Å². The largest absolute Gasteiger partial charge is 0.308 e. The van der Waals surface area contributed by atoms with Gasteiger partial charge in [-0.2, -0.15) is 0 Å². The molecule has 6 heteroatoms. The zero-order valence-corrected chi connectivity index (χ0v) is 28.3. The first kappa shape index (κ1) is 30.5. The highest BCUT2D eigenvalue weighted by atomic mass is 16.1. The molecule has 0 atom stereocenters. The molecule has 7 aromatic carbocycles. The Balaban J connectivity index is 1.19. The third-order valence-electron chi connectivity index (χ3n) is 10.0. The smallest absolute Gasteiger partial charge is 0.197 e. The predicted molar refractivity (Wildman–Crippen MR) is 209 cm³/mol. The monoisotopic (exact) mass is 680 g/mol. The third kappa shape index (κ3) is 4.92. The van der Waals surface area contributed by atoms with Gasteiger partial charge in [-0.05, 0) is 35.4 Å². The SMILES string of the molecule is O=C1c2cccc(-c3nc(-c4ccccc4)nc(-c4ccccc4)n3)c2C(=O)c2c1cccc2-n1c2ccccc2c2cc(-c3ccccc3)ccc21. The number of rotatable bonds is 5. The quantitative estimate of drug-likeness (QED) is 0.181. The molecule has 248 valence electrons. The lowest BCUT2D eigenvalue weighted by atomic mass is 9.80. The molecule has 0 N–H and O–H groups in total. The van der Waals surface area contributed by atoms with Crippen LogP contribution in [0.5, 0.6) is 0 Å². The standard InChI is InChI=1S/C47H28N4O2/c52-43-34-21-12-23-36(47-49-45(30-16-6-2-7-17-30)48-46(50-47)31-18-8-3-9-19-31)41(34)44(53)42-35(43)22-13-25-40(42)51-38-24-11-10-20-33(38)37-28-32(26-27-39(37)51)29-14-4-1-5-15-29/h1-28H. The molecule has 1 aliphatic rings. The maximum atomic E-state index is 15.1. The summed E-state index contributed by atoms with van der Waals surface area (Å²) in [4.78, 5) is 44.3. The summed E-state index contributed by atoms with van der Waals surface area (Å²) in [6.07, 6.45) is 0. The van der Waals surface area contributed by atoms with E-state index in [4.69, 9.17) is 15.0 Å². The van der Waals surface area contributed by atoms with Gasteiger partial charge in [0.2, 0.25) is 0 Å². The highest BCUT2D eigenvalue weighted by Gasteiger charge is 2.35. The Hall–Kier alpha value is -7.31.